The summed E-state index contributed by atoms with van der Waals surface area (Å²) in [7, 11) is 1.83. The van der Waals surface area contributed by atoms with Gasteiger partial charge in [0, 0.05) is 32.0 Å². The SMILES string of the molecule is CN=C(NCc1ccc(S(C)(=O)=O)c(C)c1)NCC(c1c(F)cccc1F)N(C)C.I. The molecule has 0 saturated heterocycles. The first-order chi connectivity index (χ1) is 14.0. The van der Waals surface area contributed by atoms with Gasteiger partial charge in [-0.05, 0) is 50.3 Å². The van der Waals surface area contributed by atoms with E-state index in [0.29, 0.717) is 23.0 Å². The van der Waals surface area contributed by atoms with Crippen LogP contribution in [0.25, 0.3) is 0 Å². The molecular weight excluding hydrogens is 537 g/mol. The Morgan fingerprint density at radius 3 is 2.23 bits per heavy atom. The summed E-state index contributed by atoms with van der Waals surface area (Å²) in [6.07, 6.45) is 1.18. The highest BCUT2D eigenvalue weighted by Gasteiger charge is 2.22. The number of aliphatic imine (C=N–C) groups is 1. The Kier molecular flexibility index (Phi) is 10.3. The zero-order valence-electron chi connectivity index (χ0n) is 18.2. The van der Waals surface area contributed by atoms with Crippen molar-refractivity contribution in [2.24, 2.45) is 4.99 Å². The van der Waals surface area contributed by atoms with Crippen LogP contribution in [-0.2, 0) is 16.4 Å². The smallest absolute Gasteiger partial charge is 0.191 e. The summed E-state index contributed by atoms with van der Waals surface area (Å²) in [5.74, 6) is -0.733. The van der Waals surface area contributed by atoms with Gasteiger partial charge < -0.3 is 15.5 Å². The van der Waals surface area contributed by atoms with Crippen LogP contribution in [0.3, 0.4) is 0 Å². The van der Waals surface area contributed by atoms with Crippen LogP contribution in [0.2, 0.25) is 0 Å². The van der Waals surface area contributed by atoms with Crippen molar-refractivity contribution in [3.8, 4) is 0 Å². The molecule has 0 aliphatic heterocycles. The predicted octanol–water partition coefficient (Wildman–Crippen LogP) is 3.26. The number of hydrogen-bond acceptors (Lipinski definition) is 4. The maximum Gasteiger partial charge on any atom is 0.191 e. The van der Waals surface area contributed by atoms with Crippen molar-refractivity contribution in [3.05, 3.63) is 64.7 Å². The summed E-state index contributed by atoms with van der Waals surface area (Å²) in [6, 6.07) is 8.40. The van der Waals surface area contributed by atoms with Crippen molar-refractivity contribution in [3.63, 3.8) is 0 Å². The van der Waals surface area contributed by atoms with Crippen LogP contribution in [0.4, 0.5) is 8.78 Å². The van der Waals surface area contributed by atoms with Gasteiger partial charge in [0.15, 0.2) is 15.8 Å². The number of aryl methyl sites for hydroxylation is 1. The van der Waals surface area contributed by atoms with Gasteiger partial charge in [-0.15, -0.1) is 24.0 Å². The van der Waals surface area contributed by atoms with Gasteiger partial charge in [0.1, 0.15) is 11.6 Å². The second-order valence-corrected chi connectivity index (χ2v) is 9.28. The summed E-state index contributed by atoms with van der Waals surface area (Å²) < 4.78 is 51.9. The number of likely N-dealkylation sites (N-methyl/N-ethyl adjacent to an activating group) is 1. The fraction of sp³-hybridized carbons (Fsp3) is 0.381. The fourth-order valence-corrected chi connectivity index (χ4v) is 4.17. The van der Waals surface area contributed by atoms with Crippen LogP contribution in [0.1, 0.15) is 22.7 Å². The molecule has 0 radical (unpaired) electrons. The molecule has 0 aromatic heterocycles. The molecule has 0 saturated carbocycles. The van der Waals surface area contributed by atoms with Crippen molar-refractivity contribution in [1.29, 1.82) is 0 Å². The van der Waals surface area contributed by atoms with Crippen LogP contribution in [0.5, 0.6) is 0 Å². The molecule has 0 aliphatic rings. The standard InChI is InChI=1S/C21H28F2N4O2S.HI/c1-14-11-15(9-10-19(14)30(5,28)29)12-25-21(24-2)26-13-18(27(3)4)20-16(22)7-6-8-17(20)23;/h6-11,18H,12-13H2,1-5H3,(H2,24,25,26);1H. The minimum atomic E-state index is -3.27. The van der Waals surface area contributed by atoms with Crippen molar-refractivity contribution in [2.75, 3.05) is 33.9 Å². The summed E-state index contributed by atoms with van der Waals surface area (Å²) in [5, 5.41) is 6.22. The van der Waals surface area contributed by atoms with Gasteiger partial charge in [-0.3, -0.25) is 4.99 Å². The summed E-state index contributed by atoms with van der Waals surface area (Å²) in [4.78, 5) is 6.18. The highest BCUT2D eigenvalue weighted by molar-refractivity contribution is 14.0. The molecule has 0 amide bonds. The van der Waals surface area contributed by atoms with E-state index in [1.807, 2.05) is 0 Å². The highest BCUT2D eigenvalue weighted by atomic mass is 127. The first-order valence-electron chi connectivity index (χ1n) is 9.39. The molecule has 2 rings (SSSR count). The van der Waals surface area contributed by atoms with E-state index in [0.717, 1.165) is 5.56 Å². The van der Waals surface area contributed by atoms with Crippen LogP contribution in [0, 0.1) is 18.6 Å². The Balaban J connectivity index is 0.00000480. The second-order valence-electron chi connectivity index (χ2n) is 7.29. The van der Waals surface area contributed by atoms with Gasteiger partial charge in [-0.25, -0.2) is 17.2 Å². The number of sulfone groups is 1. The molecule has 31 heavy (non-hydrogen) atoms. The largest absolute Gasteiger partial charge is 0.354 e. The van der Waals surface area contributed by atoms with Gasteiger partial charge in [-0.2, -0.15) is 0 Å². The van der Waals surface area contributed by atoms with Crippen LogP contribution >= 0.6 is 24.0 Å². The van der Waals surface area contributed by atoms with Gasteiger partial charge in [-0.1, -0.05) is 18.2 Å². The Hall–Kier alpha value is -1.79. The molecular formula is C21H29F2IN4O2S. The molecule has 0 spiro atoms. The van der Waals surface area contributed by atoms with Gasteiger partial charge in [0.2, 0.25) is 0 Å². The molecule has 0 fully saturated rings. The zero-order chi connectivity index (χ0) is 22.5. The van der Waals surface area contributed by atoms with E-state index in [9.17, 15) is 17.2 Å². The quantitative estimate of drug-likeness (QED) is 0.306. The maximum absolute atomic E-state index is 14.2. The average Bonchev–Trinajstić information content (AvgIpc) is 2.65. The number of halogens is 3. The number of nitrogens with zero attached hydrogens (tertiary/aromatic N) is 2. The van der Waals surface area contributed by atoms with Crippen molar-refractivity contribution in [2.45, 2.75) is 24.4 Å². The monoisotopic (exact) mass is 566 g/mol. The fourth-order valence-electron chi connectivity index (χ4n) is 3.21. The van der Waals surface area contributed by atoms with Crippen molar-refractivity contribution in [1.82, 2.24) is 15.5 Å². The van der Waals surface area contributed by atoms with E-state index in [2.05, 4.69) is 15.6 Å². The van der Waals surface area contributed by atoms with Crippen molar-refractivity contribution >= 4 is 39.8 Å². The van der Waals surface area contributed by atoms with Gasteiger partial charge in [0.05, 0.1) is 10.9 Å². The Bertz CT molecular complexity index is 1010. The lowest BCUT2D eigenvalue weighted by atomic mass is 10.0. The number of hydrogen-bond donors (Lipinski definition) is 2. The van der Waals surface area contributed by atoms with E-state index in [-0.39, 0.29) is 36.1 Å². The molecule has 1 unspecified atom stereocenters. The Morgan fingerprint density at radius 1 is 1.13 bits per heavy atom. The molecule has 6 nitrogen and oxygen atoms in total. The maximum atomic E-state index is 14.2. The average molecular weight is 566 g/mol. The number of nitrogens with one attached hydrogen (secondary N) is 2. The van der Waals surface area contributed by atoms with Gasteiger partial charge in [0.25, 0.3) is 0 Å². The van der Waals surface area contributed by atoms with E-state index in [4.69, 9.17) is 0 Å². The highest BCUT2D eigenvalue weighted by Crippen LogP contribution is 2.24. The third-order valence-corrected chi connectivity index (χ3v) is 6.00. The molecule has 0 heterocycles. The molecule has 2 N–H and O–H groups in total. The molecule has 1 atom stereocenters. The Labute approximate surface area is 200 Å². The molecule has 2 aromatic carbocycles. The minimum absolute atomic E-state index is 0. The predicted molar refractivity (Wildman–Crippen MR) is 131 cm³/mol. The third kappa shape index (κ3) is 7.39. The van der Waals surface area contributed by atoms with Gasteiger partial charge >= 0.3 is 0 Å². The first kappa shape index (κ1) is 27.2. The lowest BCUT2D eigenvalue weighted by Crippen LogP contribution is -2.41. The van der Waals surface area contributed by atoms with E-state index in [1.54, 1.807) is 51.2 Å². The molecule has 2 aromatic rings. The Morgan fingerprint density at radius 2 is 1.74 bits per heavy atom. The van der Waals surface area contributed by atoms with E-state index < -0.39 is 27.5 Å². The van der Waals surface area contributed by atoms with Crippen LogP contribution in [-0.4, -0.2) is 53.2 Å². The van der Waals surface area contributed by atoms with Crippen LogP contribution < -0.4 is 10.6 Å². The zero-order valence-corrected chi connectivity index (χ0v) is 21.4. The molecule has 0 aliphatic carbocycles. The summed E-state index contributed by atoms with van der Waals surface area (Å²) in [6.45, 7) is 2.39. The van der Waals surface area contributed by atoms with Crippen molar-refractivity contribution < 1.29 is 17.2 Å². The number of guanidine groups is 1. The molecule has 10 heteroatoms. The lowest BCUT2D eigenvalue weighted by molar-refractivity contribution is 0.282. The number of rotatable bonds is 7. The van der Waals surface area contributed by atoms with E-state index >= 15 is 0 Å². The normalized spacial score (nSPS) is 13.0. The topological polar surface area (TPSA) is 73.8 Å². The lowest BCUT2D eigenvalue weighted by Gasteiger charge is -2.26. The third-order valence-electron chi connectivity index (χ3n) is 4.74. The minimum Gasteiger partial charge on any atom is -0.354 e. The number of benzene rings is 2. The first-order valence-corrected chi connectivity index (χ1v) is 11.3. The molecule has 172 valence electrons. The van der Waals surface area contributed by atoms with E-state index in [1.165, 1.54) is 24.5 Å². The second kappa shape index (κ2) is 11.7. The summed E-state index contributed by atoms with van der Waals surface area (Å²) in [5.41, 5.74) is 1.55. The molecule has 0 bridgehead atoms. The summed E-state index contributed by atoms with van der Waals surface area (Å²) >= 11 is 0. The van der Waals surface area contributed by atoms with Crippen LogP contribution in [0.15, 0.2) is 46.3 Å².